The van der Waals surface area contributed by atoms with E-state index < -0.39 is 11.6 Å². The van der Waals surface area contributed by atoms with Gasteiger partial charge in [0.2, 0.25) is 0 Å². The largest absolute Gasteiger partial charge is 0.338 e. The maximum Gasteiger partial charge on any atom is 0.314 e. The summed E-state index contributed by atoms with van der Waals surface area (Å²) in [6.45, 7) is 2.88. The van der Waals surface area contributed by atoms with Crippen molar-refractivity contribution >= 4 is 6.03 Å². The minimum atomic E-state index is -0.597. The van der Waals surface area contributed by atoms with Gasteiger partial charge in [0.15, 0.2) is 0 Å². The molecule has 0 radical (unpaired) electrons. The Morgan fingerprint density at radius 2 is 1.94 bits per heavy atom. The van der Waals surface area contributed by atoms with Crippen LogP contribution in [0.25, 0.3) is 0 Å². The number of benzene rings is 1. The number of urea groups is 1. The highest BCUT2D eigenvalue weighted by Crippen LogP contribution is 2.09. The molecule has 0 atom stereocenters. The van der Waals surface area contributed by atoms with E-state index in [-0.39, 0.29) is 6.03 Å². The average Bonchev–Trinajstić information content (AvgIpc) is 2.29. The fraction of sp³-hybridized carbons (Fsp3) is 0.417. The Hall–Kier alpha value is -1.65. The summed E-state index contributed by atoms with van der Waals surface area (Å²) >= 11 is 0. The molecule has 0 aliphatic carbocycles. The van der Waals surface area contributed by atoms with Gasteiger partial charge in [-0.2, -0.15) is 0 Å². The van der Waals surface area contributed by atoms with Gasteiger partial charge < -0.3 is 10.6 Å². The summed E-state index contributed by atoms with van der Waals surface area (Å²) in [5.41, 5.74) is 0.391. The first-order chi connectivity index (χ1) is 8.13. The molecule has 0 heterocycles. The third kappa shape index (κ3) is 4.80. The Labute approximate surface area is 99.2 Å². The van der Waals surface area contributed by atoms with Gasteiger partial charge in [-0.05, 0) is 24.5 Å². The summed E-state index contributed by atoms with van der Waals surface area (Å²) in [5, 5.41) is 5.24. The van der Waals surface area contributed by atoms with Crippen LogP contribution in [0, 0.1) is 11.6 Å². The molecule has 5 heteroatoms. The molecule has 2 amide bonds. The van der Waals surface area contributed by atoms with Crippen LogP contribution in [0.15, 0.2) is 18.2 Å². The number of hydrogen-bond donors (Lipinski definition) is 2. The number of hydrogen-bond acceptors (Lipinski definition) is 1. The van der Waals surface area contributed by atoms with Crippen molar-refractivity contribution in [3.63, 3.8) is 0 Å². The first kappa shape index (κ1) is 13.4. The topological polar surface area (TPSA) is 41.1 Å². The monoisotopic (exact) mass is 242 g/mol. The zero-order chi connectivity index (χ0) is 12.7. The SMILES string of the molecule is CCCNC(=O)NCCc1ccc(F)cc1F. The minimum Gasteiger partial charge on any atom is -0.338 e. The summed E-state index contributed by atoms with van der Waals surface area (Å²) in [6.07, 6.45) is 1.20. The molecule has 1 rings (SSSR count). The van der Waals surface area contributed by atoms with Crippen LogP contribution in [0.4, 0.5) is 13.6 Å². The Kier molecular flexibility index (Phi) is 5.39. The standard InChI is InChI=1S/C12H16F2N2O/c1-2-6-15-12(17)16-7-5-9-3-4-10(13)8-11(9)14/h3-4,8H,2,5-7H2,1H3,(H2,15,16,17). The summed E-state index contributed by atoms with van der Waals surface area (Å²) in [6, 6.07) is 3.16. The van der Waals surface area contributed by atoms with Crippen molar-refractivity contribution in [1.82, 2.24) is 10.6 Å². The highest BCUT2D eigenvalue weighted by atomic mass is 19.1. The van der Waals surface area contributed by atoms with Crippen LogP contribution >= 0.6 is 0 Å². The number of carbonyl (C=O) groups is 1. The zero-order valence-corrected chi connectivity index (χ0v) is 9.72. The van der Waals surface area contributed by atoms with Gasteiger partial charge in [-0.25, -0.2) is 13.6 Å². The number of rotatable bonds is 5. The fourth-order valence-electron chi connectivity index (χ4n) is 1.34. The summed E-state index contributed by atoms with van der Waals surface area (Å²) in [7, 11) is 0. The molecule has 0 saturated carbocycles. The Bertz CT molecular complexity index is 383. The third-order valence-corrected chi connectivity index (χ3v) is 2.23. The molecule has 1 aromatic carbocycles. The van der Waals surface area contributed by atoms with Crippen LogP contribution in [0.1, 0.15) is 18.9 Å². The lowest BCUT2D eigenvalue weighted by molar-refractivity contribution is 0.241. The molecule has 0 bridgehead atoms. The van der Waals surface area contributed by atoms with E-state index in [1.807, 2.05) is 6.92 Å². The van der Waals surface area contributed by atoms with Crippen molar-refractivity contribution in [3.05, 3.63) is 35.4 Å². The van der Waals surface area contributed by atoms with Crippen molar-refractivity contribution in [2.24, 2.45) is 0 Å². The molecule has 3 nitrogen and oxygen atoms in total. The Morgan fingerprint density at radius 3 is 2.59 bits per heavy atom. The highest BCUT2D eigenvalue weighted by Gasteiger charge is 2.04. The zero-order valence-electron chi connectivity index (χ0n) is 9.72. The van der Waals surface area contributed by atoms with E-state index in [1.54, 1.807) is 0 Å². The lowest BCUT2D eigenvalue weighted by Crippen LogP contribution is -2.36. The second kappa shape index (κ2) is 6.83. The van der Waals surface area contributed by atoms with Gasteiger partial charge in [0.25, 0.3) is 0 Å². The quantitative estimate of drug-likeness (QED) is 0.816. The molecule has 1 aromatic rings. The second-order valence-corrected chi connectivity index (χ2v) is 3.67. The van der Waals surface area contributed by atoms with E-state index in [0.29, 0.717) is 25.1 Å². The van der Waals surface area contributed by atoms with E-state index in [9.17, 15) is 13.6 Å². The van der Waals surface area contributed by atoms with Crippen molar-refractivity contribution < 1.29 is 13.6 Å². The van der Waals surface area contributed by atoms with Crippen LogP contribution in [-0.4, -0.2) is 19.1 Å². The first-order valence-corrected chi connectivity index (χ1v) is 5.59. The summed E-state index contributed by atoms with van der Waals surface area (Å²) < 4.78 is 25.8. The normalized spacial score (nSPS) is 10.1. The van der Waals surface area contributed by atoms with Crippen LogP contribution in [0.5, 0.6) is 0 Å². The predicted molar refractivity (Wildman–Crippen MR) is 61.8 cm³/mol. The molecule has 0 saturated heterocycles. The first-order valence-electron chi connectivity index (χ1n) is 5.59. The van der Waals surface area contributed by atoms with Gasteiger partial charge >= 0.3 is 6.03 Å². The Morgan fingerprint density at radius 1 is 1.24 bits per heavy atom. The van der Waals surface area contributed by atoms with Crippen molar-refractivity contribution in [2.75, 3.05) is 13.1 Å². The van der Waals surface area contributed by atoms with Gasteiger partial charge in [0, 0.05) is 19.2 Å². The highest BCUT2D eigenvalue weighted by molar-refractivity contribution is 5.73. The van der Waals surface area contributed by atoms with E-state index in [4.69, 9.17) is 0 Å². The van der Waals surface area contributed by atoms with Gasteiger partial charge in [-0.3, -0.25) is 0 Å². The number of nitrogens with one attached hydrogen (secondary N) is 2. The smallest absolute Gasteiger partial charge is 0.314 e. The number of amides is 2. The van der Waals surface area contributed by atoms with Crippen LogP contribution in [-0.2, 0) is 6.42 Å². The molecule has 94 valence electrons. The van der Waals surface area contributed by atoms with Gasteiger partial charge in [0.05, 0.1) is 0 Å². The summed E-state index contributed by atoms with van der Waals surface area (Å²) in [4.78, 5) is 11.2. The van der Waals surface area contributed by atoms with Gasteiger partial charge in [-0.1, -0.05) is 13.0 Å². The molecule has 0 unspecified atom stereocenters. The Balaban J connectivity index is 2.33. The lowest BCUT2D eigenvalue weighted by atomic mass is 10.1. The lowest BCUT2D eigenvalue weighted by Gasteiger charge is -2.07. The van der Waals surface area contributed by atoms with Crippen molar-refractivity contribution in [2.45, 2.75) is 19.8 Å². The molecule has 0 aromatic heterocycles. The molecular formula is C12H16F2N2O. The molecular weight excluding hydrogens is 226 g/mol. The maximum atomic E-state index is 13.2. The maximum absolute atomic E-state index is 13.2. The summed E-state index contributed by atoms with van der Waals surface area (Å²) in [5.74, 6) is -1.18. The van der Waals surface area contributed by atoms with E-state index in [0.717, 1.165) is 12.5 Å². The number of halogens is 2. The molecule has 17 heavy (non-hydrogen) atoms. The van der Waals surface area contributed by atoms with Gasteiger partial charge in [-0.15, -0.1) is 0 Å². The van der Waals surface area contributed by atoms with E-state index in [2.05, 4.69) is 10.6 Å². The minimum absolute atomic E-state index is 0.269. The van der Waals surface area contributed by atoms with E-state index >= 15 is 0 Å². The molecule has 0 fully saturated rings. The van der Waals surface area contributed by atoms with Crippen LogP contribution < -0.4 is 10.6 Å². The number of carbonyl (C=O) groups excluding carboxylic acids is 1. The molecule has 0 spiro atoms. The van der Waals surface area contributed by atoms with Crippen molar-refractivity contribution in [1.29, 1.82) is 0 Å². The van der Waals surface area contributed by atoms with Gasteiger partial charge in [0.1, 0.15) is 11.6 Å². The second-order valence-electron chi connectivity index (χ2n) is 3.67. The van der Waals surface area contributed by atoms with Crippen LogP contribution in [0.2, 0.25) is 0 Å². The fourth-order valence-corrected chi connectivity index (χ4v) is 1.34. The third-order valence-electron chi connectivity index (χ3n) is 2.23. The molecule has 0 aliphatic rings. The van der Waals surface area contributed by atoms with E-state index in [1.165, 1.54) is 12.1 Å². The van der Waals surface area contributed by atoms with Crippen molar-refractivity contribution in [3.8, 4) is 0 Å². The van der Waals surface area contributed by atoms with Crippen LogP contribution in [0.3, 0.4) is 0 Å². The average molecular weight is 242 g/mol. The molecule has 2 N–H and O–H groups in total. The molecule has 0 aliphatic heterocycles. The predicted octanol–water partition coefficient (Wildman–Crippen LogP) is 2.22.